The lowest BCUT2D eigenvalue weighted by atomic mass is 9.92. The third-order valence-electron chi connectivity index (χ3n) is 3.72. The van der Waals surface area contributed by atoms with E-state index in [0.29, 0.717) is 5.92 Å². The maximum Gasteiger partial charge on any atom is 0.126 e. The van der Waals surface area contributed by atoms with Crippen molar-refractivity contribution in [2.45, 2.75) is 52.9 Å². The molecular weight excluding hydrogens is 249 g/mol. The molecule has 0 aliphatic carbocycles. The smallest absolute Gasteiger partial charge is 0.126 e. The second-order valence-corrected chi connectivity index (χ2v) is 6.19. The van der Waals surface area contributed by atoms with E-state index in [0.717, 1.165) is 37.4 Å². The first kappa shape index (κ1) is 17.2. The summed E-state index contributed by atoms with van der Waals surface area (Å²) in [6.07, 6.45) is 5.69. The first-order valence-corrected chi connectivity index (χ1v) is 8.07. The van der Waals surface area contributed by atoms with Crippen molar-refractivity contribution in [2.24, 2.45) is 11.8 Å². The second kappa shape index (κ2) is 9.93. The van der Waals surface area contributed by atoms with Gasteiger partial charge < -0.3 is 5.32 Å². The standard InChI is InChI=1S/C18H30FN/c1-4-12-20-14-16(9-7-8-15(2)3)13-17-10-5-6-11-18(17)19/h5-6,10-11,15-16,20H,4,7-9,12-14H2,1-3H3. The summed E-state index contributed by atoms with van der Waals surface area (Å²) < 4.78 is 13.8. The van der Waals surface area contributed by atoms with E-state index in [9.17, 15) is 4.39 Å². The molecule has 2 heteroatoms. The van der Waals surface area contributed by atoms with Crippen LogP contribution in [0.5, 0.6) is 0 Å². The zero-order valence-corrected chi connectivity index (χ0v) is 13.3. The van der Waals surface area contributed by atoms with Gasteiger partial charge >= 0.3 is 0 Å². The van der Waals surface area contributed by atoms with Crippen molar-refractivity contribution >= 4 is 0 Å². The van der Waals surface area contributed by atoms with Gasteiger partial charge in [0, 0.05) is 0 Å². The summed E-state index contributed by atoms with van der Waals surface area (Å²) in [4.78, 5) is 0. The van der Waals surface area contributed by atoms with Crippen LogP contribution in [-0.2, 0) is 6.42 Å². The third-order valence-corrected chi connectivity index (χ3v) is 3.72. The lowest BCUT2D eigenvalue weighted by Crippen LogP contribution is -2.25. The third kappa shape index (κ3) is 7.04. The van der Waals surface area contributed by atoms with Crippen LogP contribution in [0.25, 0.3) is 0 Å². The van der Waals surface area contributed by atoms with Gasteiger partial charge in [-0.25, -0.2) is 4.39 Å². The van der Waals surface area contributed by atoms with E-state index in [1.54, 1.807) is 12.1 Å². The number of halogens is 1. The first-order valence-electron chi connectivity index (χ1n) is 8.07. The number of hydrogen-bond acceptors (Lipinski definition) is 1. The van der Waals surface area contributed by atoms with Crippen molar-refractivity contribution in [1.29, 1.82) is 0 Å². The van der Waals surface area contributed by atoms with Gasteiger partial charge in [0.1, 0.15) is 5.82 Å². The summed E-state index contributed by atoms with van der Waals surface area (Å²) in [5.41, 5.74) is 0.861. The Kier molecular flexibility index (Phi) is 8.52. The molecule has 1 aromatic carbocycles. The topological polar surface area (TPSA) is 12.0 Å². The molecule has 1 nitrogen and oxygen atoms in total. The van der Waals surface area contributed by atoms with Crippen LogP contribution in [0.15, 0.2) is 24.3 Å². The van der Waals surface area contributed by atoms with Crippen LogP contribution in [0.2, 0.25) is 0 Å². The second-order valence-electron chi connectivity index (χ2n) is 6.19. The maximum absolute atomic E-state index is 13.8. The normalized spacial score (nSPS) is 12.8. The van der Waals surface area contributed by atoms with Gasteiger partial charge in [-0.1, -0.05) is 51.8 Å². The highest BCUT2D eigenvalue weighted by Gasteiger charge is 2.12. The van der Waals surface area contributed by atoms with E-state index in [1.165, 1.54) is 19.3 Å². The summed E-state index contributed by atoms with van der Waals surface area (Å²) in [7, 11) is 0. The highest BCUT2D eigenvalue weighted by molar-refractivity contribution is 5.17. The zero-order chi connectivity index (χ0) is 14.8. The first-order chi connectivity index (χ1) is 9.63. The van der Waals surface area contributed by atoms with Gasteiger partial charge in [0.2, 0.25) is 0 Å². The van der Waals surface area contributed by atoms with Gasteiger partial charge in [-0.15, -0.1) is 0 Å². The van der Waals surface area contributed by atoms with Crippen LogP contribution in [0, 0.1) is 17.7 Å². The monoisotopic (exact) mass is 279 g/mol. The Morgan fingerprint density at radius 1 is 1.15 bits per heavy atom. The highest BCUT2D eigenvalue weighted by atomic mass is 19.1. The van der Waals surface area contributed by atoms with E-state index in [4.69, 9.17) is 0 Å². The fourth-order valence-corrected chi connectivity index (χ4v) is 2.55. The van der Waals surface area contributed by atoms with Gasteiger partial charge in [0.05, 0.1) is 0 Å². The Morgan fingerprint density at radius 2 is 1.90 bits per heavy atom. The summed E-state index contributed by atoms with van der Waals surface area (Å²) in [5.74, 6) is 1.24. The molecule has 20 heavy (non-hydrogen) atoms. The van der Waals surface area contributed by atoms with E-state index in [-0.39, 0.29) is 5.82 Å². The van der Waals surface area contributed by atoms with E-state index < -0.39 is 0 Å². The molecule has 1 atom stereocenters. The molecule has 0 heterocycles. The minimum Gasteiger partial charge on any atom is -0.316 e. The molecule has 0 saturated heterocycles. The molecule has 0 aliphatic heterocycles. The Labute approximate surface area is 124 Å². The van der Waals surface area contributed by atoms with Crippen molar-refractivity contribution in [2.75, 3.05) is 13.1 Å². The average molecular weight is 279 g/mol. The molecule has 1 unspecified atom stereocenters. The van der Waals surface area contributed by atoms with Crippen LogP contribution in [0.1, 0.15) is 52.0 Å². The van der Waals surface area contributed by atoms with Gasteiger partial charge in [0.15, 0.2) is 0 Å². The van der Waals surface area contributed by atoms with Crippen LogP contribution in [0.4, 0.5) is 4.39 Å². The molecule has 0 aliphatic rings. The zero-order valence-electron chi connectivity index (χ0n) is 13.3. The minimum atomic E-state index is -0.0585. The Balaban J connectivity index is 2.50. The van der Waals surface area contributed by atoms with Gasteiger partial charge in [-0.2, -0.15) is 0 Å². The lowest BCUT2D eigenvalue weighted by molar-refractivity contribution is 0.402. The number of rotatable bonds is 10. The molecule has 1 rings (SSSR count). The lowest BCUT2D eigenvalue weighted by Gasteiger charge is -2.18. The molecule has 0 spiro atoms. The van der Waals surface area contributed by atoms with Gasteiger partial charge in [-0.05, 0) is 55.8 Å². The summed E-state index contributed by atoms with van der Waals surface area (Å²) >= 11 is 0. The summed E-state index contributed by atoms with van der Waals surface area (Å²) in [5, 5.41) is 3.49. The largest absolute Gasteiger partial charge is 0.316 e. The van der Waals surface area contributed by atoms with Gasteiger partial charge in [-0.3, -0.25) is 0 Å². The molecular formula is C18H30FN. The van der Waals surface area contributed by atoms with Crippen molar-refractivity contribution < 1.29 is 4.39 Å². The molecule has 0 bridgehead atoms. The number of nitrogens with one attached hydrogen (secondary N) is 1. The van der Waals surface area contributed by atoms with Crippen LogP contribution >= 0.6 is 0 Å². The summed E-state index contributed by atoms with van der Waals surface area (Å²) in [6, 6.07) is 7.19. The van der Waals surface area contributed by atoms with Crippen molar-refractivity contribution in [3.8, 4) is 0 Å². The predicted octanol–water partition coefficient (Wildman–Crippen LogP) is 4.81. The minimum absolute atomic E-state index is 0.0585. The molecule has 0 aromatic heterocycles. The molecule has 0 radical (unpaired) electrons. The van der Waals surface area contributed by atoms with Crippen LogP contribution in [0.3, 0.4) is 0 Å². The SMILES string of the molecule is CCCNCC(CCCC(C)C)Cc1ccccc1F. The quantitative estimate of drug-likeness (QED) is 0.606. The molecule has 0 saturated carbocycles. The van der Waals surface area contributed by atoms with Crippen molar-refractivity contribution in [1.82, 2.24) is 5.32 Å². The fraction of sp³-hybridized carbons (Fsp3) is 0.667. The molecule has 0 fully saturated rings. The number of hydrogen-bond donors (Lipinski definition) is 1. The molecule has 1 aromatic rings. The van der Waals surface area contributed by atoms with Gasteiger partial charge in [0.25, 0.3) is 0 Å². The fourth-order valence-electron chi connectivity index (χ4n) is 2.55. The Hall–Kier alpha value is -0.890. The number of benzene rings is 1. The van der Waals surface area contributed by atoms with E-state index in [1.807, 2.05) is 12.1 Å². The maximum atomic E-state index is 13.8. The van der Waals surface area contributed by atoms with E-state index >= 15 is 0 Å². The molecule has 114 valence electrons. The summed E-state index contributed by atoms with van der Waals surface area (Å²) in [6.45, 7) is 8.76. The van der Waals surface area contributed by atoms with Crippen LogP contribution in [-0.4, -0.2) is 13.1 Å². The Morgan fingerprint density at radius 3 is 2.55 bits per heavy atom. The molecule has 0 amide bonds. The molecule has 1 N–H and O–H groups in total. The van der Waals surface area contributed by atoms with Crippen molar-refractivity contribution in [3.63, 3.8) is 0 Å². The Bertz CT molecular complexity index is 362. The average Bonchev–Trinajstić information content (AvgIpc) is 2.41. The highest BCUT2D eigenvalue weighted by Crippen LogP contribution is 2.18. The predicted molar refractivity (Wildman–Crippen MR) is 85.4 cm³/mol. The van der Waals surface area contributed by atoms with E-state index in [2.05, 4.69) is 26.1 Å². The van der Waals surface area contributed by atoms with Crippen LogP contribution < -0.4 is 5.32 Å². The van der Waals surface area contributed by atoms with Crippen molar-refractivity contribution in [3.05, 3.63) is 35.6 Å².